The van der Waals surface area contributed by atoms with Crippen molar-refractivity contribution < 1.29 is 9.90 Å². The van der Waals surface area contributed by atoms with Gasteiger partial charge in [-0.25, -0.2) is 0 Å². The molecule has 0 heterocycles. The quantitative estimate of drug-likeness (QED) is 0.723. The smallest absolute Gasteiger partial charge is 0.320 e. The second-order valence-electron chi connectivity index (χ2n) is 2.29. The van der Waals surface area contributed by atoms with Crippen LogP contribution in [0.25, 0.3) is 0 Å². The van der Waals surface area contributed by atoms with E-state index in [4.69, 9.17) is 16.7 Å². The zero-order valence-corrected chi connectivity index (χ0v) is 7.72. The number of hydrogen-bond acceptors (Lipinski definition) is 2. The van der Waals surface area contributed by atoms with E-state index in [1.807, 2.05) is 0 Å². The van der Waals surface area contributed by atoms with Gasteiger partial charge in [0.15, 0.2) is 0 Å². The molecule has 4 heteroatoms. The molecule has 1 atom stereocenters. The van der Waals surface area contributed by atoms with Gasteiger partial charge in [-0.2, -0.15) is 12.6 Å². The first-order valence-corrected chi connectivity index (χ1v) is 4.17. The van der Waals surface area contributed by atoms with Crippen LogP contribution in [0.15, 0.2) is 24.3 Å². The predicted octanol–water partition coefficient (Wildman–Crippen LogP) is 2.40. The average Bonchev–Trinajstić information content (AvgIpc) is 2.04. The minimum Gasteiger partial charge on any atom is -0.480 e. The second kappa shape index (κ2) is 3.83. The molecule has 0 aliphatic rings. The first-order valence-electron chi connectivity index (χ1n) is 3.27. The number of carbonyl (C=O) groups is 1. The number of halogens is 1. The van der Waals surface area contributed by atoms with Crippen molar-refractivity contribution >= 4 is 30.2 Å². The topological polar surface area (TPSA) is 37.3 Å². The number of benzene rings is 1. The molecule has 0 radical (unpaired) electrons. The molecule has 0 fully saturated rings. The molecule has 1 unspecified atom stereocenters. The van der Waals surface area contributed by atoms with Crippen LogP contribution in [0.5, 0.6) is 0 Å². The molecule has 0 aromatic heterocycles. The molecule has 64 valence electrons. The lowest BCUT2D eigenvalue weighted by molar-refractivity contribution is -0.136. The van der Waals surface area contributed by atoms with Crippen LogP contribution < -0.4 is 0 Å². The third-order valence-electron chi connectivity index (χ3n) is 1.42. The van der Waals surface area contributed by atoms with Crippen molar-refractivity contribution in [2.24, 2.45) is 0 Å². The molecule has 0 amide bonds. The third kappa shape index (κ3) is 2.16. The molecular weight excluding hydrogens is 196 g/mol. The lowest BCUT2D eigenvalue weighted by atomic mass is 10.1. The Kier molecular flexibility index (Phi) is 3.00. The van der Waals surface area contributed by atoms with Crippen molar-refractivity contribution in [3.8, 4) is 0 Å². The van der Waals surface area contributed by atoms with Crippen molar-refractivity contribution in [3.05, 3.63) is 34.9 Å². The van der Waals surface area contributed by atoms with Gasteiger partial charge in [0, 0.05) is 5.02 Å². The molecule has 0 aliphatic heterocycles. The maximum atomic E-state index is 10.5. The minimum absolute atomic E-state index is 0.588. The van der Waals surface area contributed by atoms with Crippen molar-refractivity contribution in [2.75, 3.05) is 0 Å². The summed E-state index contributed by atoms with van der Waals surface area (Å²) < 4.78 is 0. The average molecular weight is 203 g/mol. The van der Waals surface area contributed by atoms with Gasteiger partial charge in [0.2, 0.25) is 0 Å². The molecule has 1 rings (SSSR count). The van der Waals surface area contributed by atoms with Crippen molar-refractivity contribution in [2.45, 2.75) is 5.25 Å². The van der Waals surface area contributed by atoms with E-state index in [1.165, 1.54) is 0 Å². The number of carboxylic acid groups (broad SMARTS) is 1. The molecule has 0 aliphatic carbocycles. The van der Waals surface area contributed by atoms with Crippen LogP contribution in [-0.4, -0.2) is 11.1 Å². The summed E-state index contributed by atoms with van der Waals surface area (Å²) in [5.41, 5.74) is 0.634. The van der Waals surface area contributed by atoms with Gasteiger partial charge in [0.05, 0.1) is 0 Å². The molecule has 1 aromatic rings. The van der Waals surface area contributed by atoms with Crippen LogP contribution in [0.3, 0.4) is 0 Å². The zero-order valence-electron chi connectivity index (χ0n) is 6.07. The molecule has 0 bridgehead atoms. The lowest BCUT2D eigenvalue weighted by Gasteiger charge is -2.04. The van der Waals surface area contributed by atoms with Crippen LogP contribution in [0.2, 0.25) is 5.02 Å². The van der Waals surface area contributed by atoms with E-state index < -0.39 is 11.2 Å². The van der Waals surface area contributed by atoms with E-state index in [-0.39, 0.29) is 0 Å². The lowest BCUT2D eigenvalue weighted by Crippen LogP contribution is -2.04. The van der Waals surface area contributed by atoms with Crippen LogP contribution in [0, 0.1) is 0 Å². The molecular formula is C8H7ClO2S. The summed E-state index contributed by atoms with van der Waals surface area (Å²) in [4.78, 5) is 10.5. The first-order chi connectivity index (χ1) is 5.61. The molecule has 12 heavy (non-hydrogen) atoms. The fourth-order valence-electron chi connectivity index (χ4n) is 0.788. The van der Waals surface area contributed by atoms with Gasteiger partial charge in [0.1, 0.15) is 5.25 Å². The molecule has 2 nitrogen and oxygen atoms in total. The fraction of sp³-hybridized carbons (Fsp3) is 0.125. The second-order valence-corrected chi connectivity index (χ2v) is 3.25. The normalized spacial score (nSPS) is 12.5. The highest BCUT2D eigenvalue weighted by molar-refractivity contribution is 7.81. The Bertz CT molecular complexity index is 284. The number of aliphatic carboxylic acids is 1. The van der Waals surface area contributed by atoms with Gasteiger partial charge in [-0.1, -0.05) is 23.7 Å². The standard InChI is InChI=1S/C8H7ClO2S/c9-6-3-1-5(2-4-6)7(12)8(10)11/h1-4,7,12H,(H,10,11). The molecule has 1 aromatic carbocycles. The Morgan fingerprint density at radius 2 is 1.92 bits per heavy atom. The van der Waals surface area contributed by atoms with Gasteiger partial charge in [-0.15, -0.1) is 0 Å². The number of thiol groups is 1. The Morgan fingerprint density at radius 1 is 1.42 bits per heavy atom. The Labute approximate surface area is 80.6 Å². The summed E-state index contributed by atoms with van der Waals surface area (Å²) in [6, 6.07) is 6.58. The summed E-state index contributed by atoms with van der Waals surface area (Å²) in [6.45, 7) is 0. The van der Waals surface area contributed by atoms with Crippen molar-refractivity contribution in [1.29, 1.82) is 0 Å². The Balaban J connectivity index is 2.89. The van der Waals surface area contributed by atoms with E-state index in [0.29, 0.717) is 10.6 Å². The number of rotatable bonds is 2. The highest BCUT2D eigenvalue weighted by Crippen LogP contribution is 2.21. The van der Waals surface area contributed by atoms with Crippen molar-refractivity contribution in [3.63, 3.8) is 0 Å². The minimum atomic E-state index is -0.958. The summed E-state index contributed by atoms with van der Waals surface area (Å²) in [6.07, 6.45) is 0. The van der Waals surface area contributed by atoms with Crippen LogP contribution in [0.1, 0.15) is 10.8 Å². The molecule has 0 saturated carbocycles. The number of hydrogen-bond donors (Lipinski definition) is 2. The van der Waals surface area contributed by atoms with Gasteiger partial charge >= 0.3 is 5.97 Å². The van der Waals surface area contributed by atoms with Gasteiger partial charge in [-0.05, 0) is 17.7 Å². The highest BCUT2D eigenvalue weighted by Gasteiger charge is 2.13. The fourth-order valence-corrected chi connectivity index (χ4v) is 1.09. The molecule has 1 N–H and O–H groups in total. The summed E-state index contributed by atoms with van der Waals surface area (Å²) in [5, 5.41) is 8.41. The van der Waals surface area contributed by atoms with Crippen LogP contribution in [0.4, 0.5) is 0 Å². The van der Waals surface area contributed by atoms with E-state index in [9.17, 15) is 4.79 Å². The highest BCUT2D eigenvalue weighted by atomic mass is 35.5. The summed E-state index contributed by atoms with van der Waals surface area (Å²) >= 11 is 9.53. The zero-order chi connectivity index (χ0) is 9.14. The van der Waals surface area contributed by atoms with Crippen molar-refractivity contribution in [1.82, 2.24) is 0 Å². The SMILES string of the molecule is O=C(O)C(S)c1ccc(Cl)cc1. The van der Waals surface area contributed by atoms with Gasteiger partial charge in [0.25, 0.3) is 0 Å². The summed E-state index contributed by atoms with van der Waals surface area (Å²) in [5.74, 6) is -0.958. The number of carboxylic acids is 1. The maximum Gasteiger partial charge on any atom is 0.320 e. The predicted molar refractivity (Wildman–Crippen MR) is 50.8 cm³/mol. The summed E-state index contributed by atoms with van der Waals surface area (Å²) in [7, 11) is 0. The maximum absolute atomic E-state index is 10.5. The molecule has 0 spiro atoms. The first kappa shape index (κ1) is 9.42. The van der Waals surface area contributed by atoms with Crippen LogP contribution in [-0.2, 0) is 4.79 Å². The Morgan fingerprint density at radius 3 is 2.33 bits per heavy atom. The molecule has 0 saturated heterocycles. The van der Waals surface area contributed by atoms with E-state index in [1.54, 1.807) is 24.3 Å². The van der Waals surface area contributed by atoms with E-state index >= 15 is 0 Å². The van der Waals surface area contributed by atoms with Gasteiger partial charge < -0.3 is 5.11 Å². The monoisotopic (exact) mass is 202 g/mol. The largest absolute Gasteiger partial charge is 0.480 e. The van der Waals surface area contributed by atoms with Crippen LogP contribution >= 0.6 is 24.2 Å². The Hall–Kier alpha value is -0.670. The third-order valence-corrected chi connectivity index (χ3v) is 2.19. The van der Waals surface area contributed by atoms with E-state index in [2.05, 4.69) is 12.6 Å². The van der Waals surface area contributed by atoms with E-state index in [0.717, 1.165) is 0 Å². The van der Waals surface area contributed by atoms with Gasteiger partial charge in [-0.3, -0.25) is 4.79 Å².